The Morgan fingerprint density at radius 1 is 1.38 bits per heavy atom. The van der Waals surface area contributed by atoms with Crippen LogP contribution in [0.3, 0.4) is 0 Å². The van der Waals surface area contributed by atoms with Crippen LogP contribution in [0.1, 0.15) is 8.30 Å². The van der Waals surface area contributed by atoms with Crippen molar-refractivity contribution in [2.45, 2.75) is 0 Å². The Kier molecular flexibility index (Phi) is 0.891. The molecule has 1 rings (SSSR count). The molecule has 0 aliphatic rings. The molecule has 0 aliphatic heterocycles. The van der Waals surface area contributed by atoms with E-state index in [0.29, 0.717) is 0 Å². The van der Waals surface area contributed by atoms with Crippen molar-refractivity contribution in [2.24, 2.45) is 0 Å². The fraction of sp³-hybridized carbons (Fsp3) is 0. The van der Waals surface area contributed by atoms with Crippen molar-refractivity contribution in [2.75, 3.05) is 0 Å². The van der Waals surface area contributed by atoms with Gasteiger partial charge in [-0.05, 0) is 5.56 Å². The van der Waals surface area contributed by atoms with Gasteiger partial charge in [0.25, 0.3) is 0 Å². The molecule has 0 heterocycles. The molecule has 1 aromatic carbocycles. The number of benzene rings is 1. The van der Waals surface area contributed by atoms with Crippen LogP contribution in [0.15, 0.2) is 36.9 Å². The van der Waals surface area contributed by atoms with Gasteiger partial charge in [0, 0.05) is 0 Å². The average molecular weight is 106 g/mol. The standard InChI is InChI=1S/C8H8/c1-2-8-6-4-3-5-7-8/h2-7H,1H2/i1D2. The lowest BCUT2D eigenvalue weighted by Crippen LogP contribution is -1.63. The van der Waals surface area contributed by atoms with Crippen LogP contribution in [0.4, 0.5) is 0 Å². The molecule has 0 saturated carbocycles. The van der Waals surface area contributed by atoms with Gasteiger partial charge in [-0.3, -0.25) is 0 Å². The van der Waals surface area contributed by atoms with E-state index < -0.39 is 0 Å². The van der Waals surface area contributed by atoms with Crippen LogP contribution in [0.5, 0.6) is 0 Å². The average Bonchev–Trinajstić information content (AvgIpc) is 1.88. The molecule has 0 nitrogen and oxygen atoms in total. The van der Waals surface area contributed by atoms with Gasteiger partial charge in [0.05, 0.1) is 2.74 Å². The second kappa shape index (κ2) is 2.31. The molecule has 0 saturated heterocycles. The van der Waals surface area contributed by atoms with E-state index in [2.05, 4.69) is 0 Å². The summed E-state index contributed by atoms with van der Waals surface area (Å²) >= 11 is 0. The smallest absolute Gasteiger partial charge is 0.0538 e. The van der Waals surface area contributed by atoms with Gasteiger partial charge in [-0.1, -0.05) is 42.9 Å². The molecule has 0 atom stereocenters. The lowest BCUT2D eigenvalue weighted by molar-refractivity contribution is 1.67. The van der Waals surface area contributed by atoms with E-state index in [0.717, 1.165) is 5.56 Å². The Balaban J connectivity index is 2.87. The van der Waals surface area contributed by atoms with Crippen LogP contribution < -0.4 is 0 Å². The first-order valence-corrected chi connectivity index (χ1v) is 2.49. The van der Waals surface area contributed by atoms with E-state index in [9.17, 15) is 0 Å². The number of hydrogen-bond donors (Lipinski definition) is 0. The quantitative estimate of drug-likeness (QED) is 0.515. The molecule has 0 fully saturated rings. The first kappa shape index (κ1) is 3.08. The number of hydrogen-bond acceptors (Lipinski definition) is 0. The summed E-state index contributed by atoms with van der Waals surface area (Å²) in [7, 11) is 0. The molecular formula is C8H8. The zero-order chi connectivity index (χ0) is 7.40. The maximum absolute atomic E-state index is 6.84. The highest BCUT2D eigenvalue weighted by atomic mass is 13.8. The summed E-state index contributed by atoms with van der Waals surface area (Å²) < 4.78 is 13.7. The molecule has 0 bridgehead atoms. The van der Waals surface area contributed by atoms with Crippen LogP contribution in [0.25, 0.3) is 6.08 Å². The summed E-state index contributed by atoms with van der Waals surface area (Å²) in [5, 5.41) is 0. The Hall–Kier alpha value is -1.04. The van der Waals surface area contributed by atoms with Gasteiger partial charge in [0.15, 0.2) is 0 Å². The molecule has 1 aromatic rings. The largest absolute Gasteiger partial charge is 0.0985 e. The molecule has 8 heavy (non-hydrogen) atoms. The number of rotatable bonds is 1. The molecule has 0 aromatic heterocycles. The van der Waals surface area contributed by atoms with Gasteiger partial charge in [0.1, 0.15) is 0 Å². The summed E-state index contributed by atoms with van der Waals surface area (Å²) in [6.45, 7) is -0.161. The molecule has 0 amide bonds. The molecule has 0 N–H and O–H groups in total. The second-order valence-electron chi connectivity index (χ2n) is 1.56. The lowest BCUT2D eigenvalue weighted by atomic mass is 10.2. The molecule has 0 unspecified atom stereocenters. The molecule has 0 aliphatic carbocycles. The Bertz CT molecular complexity index is 222. The van der Waals surface area contributed by atoms with E-state index in [4.69, 9.17) is 2.74 Å². The fourth-order valence-corrected chi connectivity index (χ4v) is 0.549. The minimum atomic E-state index is -0.161. The predicted octanol–water partition coefficient (Wildman–Crippen LogP) is 2.33. The molecule has 40 valence electrons. The normalized spacial score (nSPS) is 11.5. The predicted molar refractivity (Wildman–Crippen MR) is 36.5 cm³/mol. The van der Waals surface area contributed by atoms with Crippen LogP contribution in [-0.2, 0) is 0 Å². The minimum absolute atomic E-state index is 0.161. The maximum Gasteiger partial charge on any atom is 0.0538 e. The third kappa shape index (κ3) is 0.969. The van der Waals surface area contributed by atoms with Crippen LogP contribution >= 0.6 is 0 Å². The van der Waals surface area contributed by atoms with E-state index in [1.807, 2.05) is 30.3 Å². The first-order valence-electron chi connectivity index (χ1n) is 3.49. The second-order valence-corrected chi connectivity index (χ2v) is 1.56. The van der Waals surface area contributed by atoms with Crippen molar-refractivity contribution in [3.05, 3.63) is 42.4 Å². The lowest BCUT2D eigenvalue weighted by Gasteiger charge is -1.85. The zero-order valence-corrected chi connectivity index (χ0v) is 4.46. The van der Waals surface area contributed by atoms with E-state index >= 15 is 0 Å². The van der Waals surface area contributed by atoms with Gasteiger partial charge in [0.2, 0.25) is 0 Å². The summed E-state index contributed by atoms with van der Waals surface area (Å²) in [6, 6.07) is 9.40. The third-order valence-electron chi connectivity index (χ3n) is 0.966. The Morgan fingerprint density at radius 3 is 2.75 bits per heavy atom. The third-order valence-corrected chi connectivity index (χ3v) is 0.966. The highest BCUT2D eigenvalue weighted by Crippen LogP contribution is 1.97. The molecule has 0 heteroatoms. The summed E-state index contributed by atoms with van der Waals surface area (Å²) in [5.41, 5.74) is 0.905. The first-order chi connectivity index (χ1) is 4.79. The molecule has 0 radical (unpaired) electrons. The summed E-state index contributed by atoms with van der Waals surface area (Å²) in [6.07, 6.45) is 1.50. The minimum Gasteiger partial charge on any atom is -0.0985 e. The van der Waals surface area contributed by atoms with E-state index in [-0.39, 0.29) is 6.53 Å². The van der Waals surface area contributed by atoms with Crippen molar-refractivity contribution in [1.29, 1.82) is 0 Å². The summed E-state index contributed by atoms with van der Waals surface area (Å²) in [4.78, 5) is 0. The van der Waals surface area contributed by atoms with E-state index in [1.54, 1.807) is 0 Å². The van der Waals surface area contributed by atoms with Crippen molar-refractivity contribution in [3.63, 3.8) is 0 Å². The van der Waals surface area contributed by atoms with Crippen LogP contribution in [0.2, 0.25) is 0 Å². The van der Waals surface area contributed by atoms with Gasteiger partial charge >= 0.3 is 0 Å². The van der Waals surface area contributed by atoms with Crippen molar-refractivity contribution < 1.29 is 2.74 Å². The Labute approximate surface area is 52.3 Å². The zero-order valence-electron chi connectivity index (χ0n) is 6.46. The topological polar surface area (TPSA) is 0 Å². The van der Waals surface area contributed by atoms with E-state index in [1.165, 1.54) is 6.08 Å². The van der Waals surface area contributed by atoms with Crippen molar-refractivity contribution in [3.8, 4) is 0 Å². The fourth-order valence-electron chi connectivity index (χ4n) is 0.549. The molecule has 0 spiro atoms. The highest BCUT2D eigenvalue weighted by Gasteiger charge is 1.75. The van der Waals surface area contributed by atoms with Gasteiger partial charge in [-0.15, -0.1) is 0 Å². The van der Waals surface area contributed by atoms with Crippen LogP contribution in [0, 0.1) is 0 Å². The van der Waals surface area contributed by atoms with Gasteiger partial charge in [-0.25, -0.2) is 0 Å². The SMILES string of the molecule is [2H]C([2H])=Cc1ccccc1. The van der Waals surface area contributed by atoms with Gasteiger partial charge in [-0.2, -0.15) is 0 Å². The van der Waals surface area contributed by atoms with Crippen molar-refractivity contribution >= 4 is 6.08 Å². The van der Waals surface area contributed by atoms with Crippen molar-refractivity contribution in [1.82, 2.24) is 0 Å². The highest BCUT2D eigenvalue weighted by molar-refractivity contribution is 5.45. The Morgan fingerprint density at radius 2 is 2.12 bits per heavy atom. The maximum atomic E-state index is 6.84. The van der Waals surface area contributed by atoms with Gasteiger partial charge < -0.3 is 0 Å². The summed E-state index contributed by atoms with van der Waals surface area (Å²) in [5.74, 6) is 0. The monoisotopic (exact) mass is 106 g/mol. The molecular weight excluding hydrogens is 96.1 g/mol. The van der Waals surface area contributed by atoms with Crippen LogP contribution in [-0.4, -0.2) is 0 Å².